The van der Waals surface area contributed by atoms with Gasteiger partial charge in [-0.15, -0.1) is 0 Å². The van der Waals surface area contributed by atoms with Gasteiger partial charge in [0, 0.05) is 25.3 Å². The van der Waals surface area contributed by atoms with Gasteiger partial charge in [0.25, 0.3) is 0 Å². The topological polar surface area (TPSA) is 24.5 Å². The van der Waals surface area contributed by atoms with E-state index in [2.05, 4.69) is 53.5 Å². The van der Waals surface area contributed by atoms with E-state index in [9.17, 15) is 0 Å². The quantitative estimate of drug-likeness (QED) is 0.933. The zero-order valence-electron chi connectivity index (χ0n) is 12.5. The number of benzene rings is 2. The summed E-state index contributed by atoms with van der Waals surface area (Å²) in [6.45, 7) is 6.69. The number of nitrogens with one attached hydrogen (secondary N) is 1. The number of rotatable bonds is 4. The van der Waals surface area contributed by atoms with Gasteiger partial charge in [0.15, 0.2) is 0 Å². The van der Waals surface area contributed by atoms with Crippen molar-refractivity contribution in [2.24, 2.45) is 0 Å². The van der Waals surface area contributed by atoms with Crippen molar-refractivity contribution in [2.45, 2.75) is 13.5 Å². The summed E-state index contributed by atoms with van der Waals surface area (Å²) < 4.78 is 5.86. The van der Waals surface area contributed by atoms with Gasteiger partial charge >= 0.3 is 0 Å². The number of hydrogen-bond donors (Lipinski definition) is 1. The lowest BCUT2D eigenvalue weighted by Gasteiger charge is -2.24. The van der Waals surface area contributed by atoms with Gasteiger partial charge in [-0.3, -0.25) is 0 Å². The normalized spacial score (nSPS) is 14.4. The van der Waals surface area contributed by atoms with Gasteiger partial charge < -0.3 is 15.0 Å². The molecule has 0 bridgehead atoms. The first kappa shape index (κ1) is 14.0. The third-order valence-corrected chi connectivity index (χ3v) is 3.86. The number of nitrogens with zero attached hydrogens (tertiary/aromatic N) is 1. The fourth-order valence-electron chi connectivity index (χ4n) is 2.67. The summed E-state index contributed by atoms with van der Waals surface area (Å²) in [5, 5.41) is 3.47. The lowest BCUT2D eigenvalue weighted by atomic mass is 10.1. The van der Waals surface area contributed by atoms with Crippen LogP contribution in [-0.2, 0) is 6.54 Å². The molecule has 0 spiro atoms. The van der Waals surface area contributed by atoms with Crippen LogP contribution in [0.3, 0.4) is 0 Å². The minimum Gasteiger partial charge on any atom is -0.492 e. The van der Waals surface area contributed by atoms with Crippen molar-refractivity contribution in [3.05, 3.63) is 59.7 Å². The largest absolute Gasteiger partial charge is 0.492 e. The Hall–Kier alpha value is -2.00. The summed E-state index contributed by atoms with van der Waals surface area (Å²) in [7, 11) is 0. The average Bonchev–Trinajstić information content (AvgIpc) is 2.72. The van der Waals surface area contributed by atoms with Gasteiger partial charge in [-0.1, -0.05) is 35.9 Å². The van der Waals surface area contributed by atoms with E-state index < -0.39 is 0 Å². The predicted octanol–water partition coefficient (Wildman–Crippen LogP) is 2.98. The number of hydrogen-bond acceptors (Lipinski definition) is 3. The summed E-state index contributed by atoms with van der Waals surface area (Å²) in [4.78, 5) is 2.41. The van der Waals surface area contributed by atoms with Gasteiger partial charge in [0.05, 0.1) is 6.54 Å². The third kappa shape index (κ3) is 3.56. The summed E-state index contributed by atoms with van der Waals surface area (Å²) in [5.41, 5.74) is 3.95. The van der Waals surface area contributed by atoms with Crippen molar-refractivity contribution in [1.82, 2.24) is 5.32 Å². The van der Waals surface area contributed by atoms with Crippen LogP contribution >= 0.6 is 0 Å². The van der Waals surface area contributed by atoms with E-state index in [1.807, 2.05) is 12.1 Å². The van der Waals surface area contributed by atoms with Crippen molar-refractivity contribution < 1.29 is 4.74 Å². The molecule has 0 aromatic heterocycles. The van der Waals surface area contributed by atoms with Crippen molar-refractivity contribution in [1.29, 1.82) is 0 Å². The Labute approximate surface area is 126 Å². The van der Waals surface area contributed by atoms with Gasteiger partial charge in [-0.05, 0) is 30.7 Å². The Morgan fingerprint density at radius 1 is 1.10 bits per heavy atom. The summed E-state index contributed by atoms with van der Waals surface area (Å²) in [5.74, 6) is 0.946. The van der Waals surface area contributed by atoms with Crippen LogP contribution < -0.4 is 15.0 Å². The molecule has 0 saturated heterocycles. The Balaban J connectivity index is 1.61. The van der Waals surface area contributed by atoms with Crippen molar-refractivity contribution >= 4 is 5.69 Å². The number of para-hydroxylation sites is 1. The molecule has 1 N–H and O–H groups in total. The second kappa shape index (κ2) is 6.64. The van der Waals surface area contributed by atoms with E-state index in [-0.39, 0.29) is 0 Å². The molecule has 0 saturated carbocycles. The molecule has 2 aromatic rings. The fraction of sp³-hybridized carbons (Fsp3) is 0.333. The molecule has 0 unspecified atom stereocenters. The van der Waals surface area contributed by atoms with Crippen molar-refractivity contribution in [3.63, 3.8) is 0 Å². The van der Waals surface area contributed by atoms with E-state index in [4.69, 9.17) is 4.74 Å². The number of anilines is 1. The maximum absolute atomic E-state index is 5.86. The number of fused-ring (bicyclic) bond motifs is 1. The number of aryl methyl sites for hydroxylation is 1. The monoisotopic (exact) mass is 282 g/mol. The summed E-state index contributed by atoms with van der Waals surface area (Å²) in [6.07, 6.45) is 0. The van der Waals surface area contributed by atoms with Crippen LogP contribution in [0.1, 0.15) is 11.1 Å². The second-order valence-electron chi connectivity index (χ2n) is 5.45. The molecule has 1 heterocycles. The first-order chi connectivity index (χ1) is 10.3. The fourth-order valence-corrected chi connectivity index (χ4v) is 2.67. The molecule has 3 nitrogen and oxygen atoms in total. The minimum atomic E-state index is 0.706. The van der Waals surface area contributed by atoms with Gasteiger partial charge in [0.2, 0.25) is 0 Å². The molecular weight excluding hydrogens is 260 g/mol. The van der Waals surface area contributed by atoms with Crippen LogP contribution in [0.15, 0.2) is 48.5 Å². The van der Waals surface area contributed by atoms with Crippen molar-refractivity contribution in [3.8, 4) is 5.75 Å². The van der Waals surface area contributed by atoms with E-state index in [0.29, 0.717) is 6.61 Å². The number of ether oxygens (including phenoxy) is 1. The zero-order valence-corrected chi connectivity index (χ0v) is 12.5. The van der Waals surface area contributed by atoms with Crippen LogP contribution in [-0.4, -0.2) is 26.2 Å². The molecule has 0 radical (unpaired) electrons. The molecule has 2 aromatic carbocycles. The maximum Gasteiger partial charge on any atom is 0.119 e. The molecule has 3 heteroatoms. The maximum atomic E-state index is 5.86. The molecule has 3 rings (SSSR count). The van der Waals surface area contributed by atoms with E-state index in [1.54, 1.807) is 0 Å². The standard InChI is InChI=1S/C18H22N2O/c1-15-6-8-17(9-7-15)21-13-12-20-11-10-19-14-16-4-2-3-5-18(16)20/h2-9,19H,10-14H2,1H3. The van der Waals surface area contributed by atoms with Gasteiger partial charge in [-0.25, -0.2) is 0 Å². The molecule has 21 heavy (non-hydrogen) atoms. The highest BCUT2D eigenvalue weighted by Gasteiger charge is 2.13. The molecule has 0 aliphatic carbocycles. The summed E-state index contributed by atoms with van der Waals surface area (Å²) >= 11 is 0. The molecule has 110 valence electrons. The highest BCUT2D eigenvalue weighted by Crippen LogP contribution is 2.21. The van der Waals surface area contributed by atoms with E-state index >= 15 is 0 Å². The van der Waals surface area contributed by atoms with Crippen LogP contribution in [0.5, 0.6) is 5.75 Å². The van der Waals surface area contributed by atoms with Crippen LogP contribution in [0, 0.1) is 6.92 Å². The first-order valence-electron chi connectivity index (χ1n) is 7.56. The third-order valence-electron chi connectivity index (χ3n) is 3.86. The Bertz CT molecular complexity index is 580. The molecule has 0 fully saturated rings. The van der Waals surface area contributed by atoms with Crippen LogP contribution in [0.25, 0.3) is 0 Å². The Morgan fingerprint density at radius 2 is 1.90 bits per heavy atom. The first-order valence-corrected chi connectivity index (χ1v) is 7.56. The highest BCUT2D eigenvalue weighted by atomic mass is 16.5. The highest BCUT2D eigenvalue weighted by molar-refractivity contribution is 5.54. The SMILES string of the molecule is Cc1ccc(OCCN2CCNCc3ccccc32)cc1. The second-order valence-corrected chi connectivity index (χ2v) is 5.45. The average molecular weight is 282 g/mol. The Kier molecular flexibility index (Phi) is 4.41. The van der Waals surface area contributed by atoms with E-state index in [0.717, 1.165) is 31.9 Å². The smallest absolute Gasteiger partial charge is 0.119 e. The van der Waals surface area contributed by atoms with Crippen LogP contribution in [0.2, 0.25) is 0 Å². The predicted molar refractivity (Wildman–Crippen MR) is 87.0 cm³/mol. The van der Waals surface area contributed by atoms with Gasteiger partial charge in [0.1, 0.15) is 12.4 Å². The van der Waals surface area contributed by atoms with E-state index in [1.165, 1.54) is 16.8 Å². The minimum absolute atomic E-state index is 0.706. The molecular formula is C18H22N2O. The Morgan fingerprint density at radius 3 is 2.76 bits per heavy atom. The molecule has 0 atom stereocenters. The molecule has 1 aliphatic heterocycles. The zero-order chi connectivity index (χ0) is 14.5. The lowest BCUT2D eigenvalue weighted by molar-refractivity contribution is 0.324. The molecule has 0 amide bonds. The van der Waals surface area contributed by atoms with Crippen molar-refractivity contribution in [2.75, 3.05) is 31.1 Å². The molecule has 1 aliphatic rings. The lowest BCUT2D eigenvalue weighted by Crippen LogP contribution is -2.32. The summed E-state index contributed by atoms with van der Waals surface area (Å²) in [6, 6.07) is 16.8. The van der Waals surface area contributed by atoms with Gasteiger partial charge in [-0.2, -0.15) is 0 Å². The van der Waals surface area contributed by atoms with Crippen LogP contribution in [0.4, 0.5) is 5.69 Å².